The number of aromatic nitrogens is 5. The molecule has 0 atom stereocenters. The van der Waals surface area contributed by atoms with E-state index in [4.69, 9.17) is 10.2 Å². The molecule has 1 aromatic carbocycles. The first-order chi connectivity index (χ1) is 18.6. The van der Waals surface area contributed by atoms with Crippen molar-refractivity contribution < 1.29 is 27.2 Å². The number of pyridine rings is 1. The topological polar surface area (TPSA) is 145 Å². The van der Waals surface area contributed by atoms with Gasteiger partial charge in [-0.2, -0.15) is 13.2 Å². The van der Waals surface area contributed by atoms with Gasteiger partial charge in [0.2, 0.25) is 0 Å². The number of halogens is 3. The number of anilines is 3. The minimum atomic E-state index is -4.58. The first-order valence-corrected chi connectivity index (χ1v) is 11.3. The number of carbonyl (C=O) groups is 2. The highest BCUT2D eigenvalue weighted by atomic mass is 19.4. The second-order valence-electron chi connectivity index (χ2n) is 8.34. The van der Waals surface area contributed by atoms with Gasteiger partial charge in [-0.3, -0.25) is 18.9 Å². The van der Waals surface area contributed by atoms with E-state index in [9.17, 15) is 22.8 Å². The summed E-state index contributed by atoms with van der Waals surface area (Å²) >= 11 is 0. The molecule has 39 heavy (non-hydrogen) atoms. The van der Waals surface area contributed by atoms with E-state index in [0.29, 0.717) is 22.8 Å². The van der Waals surface area contributed by atoms with Crippen LogP contribution in [0, 0.1) is 6.92 Å². The molecule has 0 spiro atoms. The van der Waals surface area contributed by atoms with Crippen molar-refractivity contribution in [3.8, 4) is 0 Å². The highest BCUT2D eigenvalue weighted by Gasteiger charge is 2.31. The van der Waals surface area contributed by atoms with E-state index in [2.05, 4.69) is 25.3 Å². The Morgan fingerprint density at radius 3 is 2.54 bits per heavy atom. The number of nitrogens with one attached hydrogen (secondary N) is 1. The van der Waals surface area contributed by atoms with Crippen molar-refractivity contribution in [2.75, 3.05) is 16.0 Å². The number of nitrogens with zero attached hydrogens (tertiary/aromatic N) is 6. The number of nitrogen functional groups attached to an aromatic ring is 1. The van der Waals surface area contributed by atoms with E-state index in [1.807, 2.05) is 0 Å². The number of aryl methyl sites for hydroxylation is 1. The van der Waals surface area contributed by atoms with Gasteiger partial charge < -0.3 is 15.5 Å². The van der Waals surface area contributed by atoms with Crippen molar-refractivity contribution in [3.63, 3.8) is 0 Å². The Morgan fingerprint density at radius 2 is 1.85 bits per heavy atom. The van der Waals surface area contributed by atoms with E-state index in [1.54, 1.807) is 11.3 Å². The number of benzene rings is 1. The average Bonchev–Trinajstić information content (AvgIpc) is 3.57. The molecule has 0 unspecified atom stereocenters. The molecule has 2 amide bonds. The molecule has 0 saturated heterocycles. The van der Waals surface area contributed by atoms with Crippen LogP contribution in [0.5, 0.6) is 0 Å². The van der Waals surface area contributed by atoms with Crippen molar-refractivity contribution in [1.82, 2.24) is 24.3 Å². The molecule has 198 valence electrons. The quantitative estimate of drug-likeness (QED) is 0.330. The lowest BCUT2D eigenvalue weighted by Gasteiger charge is -2.23. The lowest BCUT2D eigenvalue weighted by molar-refractivity contribution is -0.137. The third-order valence-electron chi connectivity index (χ3n) is 5.80. The maximum absolute atomic E-state index is 13.8. The van der Waals surface area contributed by atoms with Crippen LogP contribution in [-0.2, 0) is 12.7 Å². The molecule has 5 aromatic rings. The summed E-state index contributed by atoms with van der Waals surface area (Å²) in [6.07, 6.45) is 1.93. The van der Waals surface area contributed by atoms with Gasteiger partial charge in [-0.05, 0) is 43.3 Å². The zero-order chi connectivity index (χ0) is 27.7. The first-order valence-electron chi connectivity index (χ1n) is 11.3. The molecule has 4 heterocycles. The smallest absolute Gasteiger partial charge is 0.416 e. The summed E-state index contributed by atoms with van der Waals surface area (Å²) in [6.45, 7) is 1.72. The molecule has 0 bridgehead atoms. The van der Waals surface area contributed by atoms with Crippen molar-refractivity contribution in [2.45, 2.75) is 19.6 Å². The van der Waals surface area contributed by atoms with Crippen molar-refractivity contribution in [3.05, 3.63) is 96.0 Å². The van der Waals surface area contributed by atoms with Crippen molar-refractivity contribution in [1.29, 1.82) is 0 Å². The normalized spacial score (nSPS) is 11.5. The van der Waals surface area contributed by atoms with Crippen LogP contribution in [0.1, 0.15) is 38.0 Å². The van der Waals surface area contributed by atoms with Crippen LogP contribution in [-0.4, -0.2) is 36.2 Å². The number of amides is 2. The molecule has 0 radical (unpaired) electrons. The van der Waals surface area contributed by atoms with E-state index in [0.717, 1.165) is 18.3 Å². The Labute approximate surface area is 218 Å². The number of alkyl halides is 3. The fourth-order valence-electron chi connectivity index (χ4n) is 3.89. The Hall–Kier alpha value is -5.27. The number of hydrogen-bond acceptors (Lipinski definition) is 8. The number of rotatable bonds is 6. The summed E-state index contributed by atoms with van der Waals surface area (Å²) in [5.74, 6) is -0.272. The van der Waals surface area contributed by atoms with E-state index in [-0.39, 0.29) is 29.4 Å². The monoisotopic (exact) mass is 536 g/mol. The molecule has 11 nitrogen and oxygen atoms in total. The molecular weight excluding hydrogens is 517 g/mol. The van der Waals surface area contributed by atoms with Crippen LogP contribution < -0.4 is 16.0 Å². The van der Waals surface area contributed by atoms with Crippen LogP contribution in [0.2, 0.25) is 0 Å². The zero-order valence-corrected chi connectivity index (χ0v) is 20.2. The summed E-state index contributed by atoms with van der Waals surface area (Å²) in [6, 6.07) is 7.44. The van der Waals surface area contributed by atoms with Gasteiger partial charge in [-0.1, -0.05) is 0 Å². The second kappa shape index (κ2) is 9.89. The SMILES string of the molecule is Cc1ncc2c(N)ncc(C(=O)N(Cc3cnco3)c3ccc(C(=O)Nc4cc(C(F)(F)F)ccn4)cc3)n12. The molecule has 0 aliphatic carbocycles. The fourth-order valence-corrected chi connectivity index (χ4v) is 3.89. The predicted molar refractivity (Wildman–Crippen MR) is 133 cm³/mol. The maximum Gasteiger partial charge on any atom is 0.416 e. The Balaban J connectivity index is 1.44. The molecule has 0 aliphatic heterocycles. The van der Waals surface area contributed by atoms with Crippen molar-refractivity contribution in [2.24, 2.45) is 0 Å². The van der Waals surface area contributed by atoms with Gasteiger partial charge in [-0.15, -0.1) is 0 Å². The number of oxazole rings is 1. The number of carbonyl (C=O) groups excluding carboxylic acids is 2. The van der Waals surface area contributed by atoms with Gasteiger partial charge >= 0.3 is 6.18 Å². The van der Waals surface area contributed by atoms with Gasteiger partial charge in [0.25, 0.3) is 11.8 Å². The minimum Gasteiger partial charge on any atom is -0.447 e. The van der Waals surface area contributed by atoms with Gasteiger partial charge in [0, 0.05) is 17.4 Å². The molecule has 4 aromatic heterocycles. The second-order valence-corrected chi connectivity index (χ2v) is 8.34. The van der Waals surface area contributed by atoms with E-state index < -0.39 is 23.6 Å². The van der Waals surface area contributed by atoms with Gasteiger partial charge in [0.15, 0.2) is 6.39 Å². The number of nitrogens with two attached hydrogens (primary N) is 1. The van der Waals surface area contributed by atoms with E-state index in [1.165, 1.54) is 54.1 Å². The van der Waals surface area contributed by atoms with Crippen LogP contribution in [0.25, 0.3) is 5.52 Å². The molecule has 14 heteroatoms. The lowest BCUT2D eigenvalue weighted by Crippen LogP contribution is -2.32. The molecule has 0 saturated carbocycles. The summed E-state index contributed by atoms with van der Waals surface area (Å²) < 4.78 is 45.9. The standard InChI is InChI=1S/C25H19F3N8O3/c1-14-32-10-19-22(29)33-11-20(36(14)19)24(38)35(12-18-9-30-13-39-18)17-4-2-15(3-5-17)23(37)34-21-8-16(6-7-31-21)25(26,27)28/h2-11,13H,12H2,1H3,(H2,29,33)(H,31,34,37). The van der Waals surface area contributed by atoms with E-state index >= 15 is 0 Å². The maximum atomic E-state index is 13.8. The van der Waals surface area contributed by atoms with Gasteiger partial charge in [0.1, 0.15) is 34.4 Å². The Bertz CT molecular complexity index is 1660. The van der Waals surface area contributed by atoms with Crippen LogP contribution in [0.4, 0.5) is 30.5 Å². The minimum absolute atomic E-state index is 0.00184. The first kappa shape index (κ1) is 25.4. The number of hydrogen-bond donors (Lipinski definition) is 2. The fraction of sp³-hybridized carbons (Fsp3) is 0.120. The van der Waals surface area contributed by atoms with Gasteiger partial charge in [0.05, 0.1) is 30.7 Å². The van der Waals surface area contributed by atoms with Crippen molar-refractivity contribution >= 4 is 34.7 Å². The third-order valence-corrected chi connectivity index (χ3v) is 5.80. The summed E-state index contributed by atoms with van der Waals surface area (Å²) in [4.78, 5) is 43.9. The average molecular weight is 536 g/mol. The van der Waals surface area contributed by atoms with Crippen LogP contribution >= 0.6 is 0 Å². The number of fused-ring (bicyclic) bond motifs is 1. The molecular formula is C25H19F3N8O3. The Morgan fingerprint density at radius 1 is 1.08 bits per heavy atom. The molecule has 0 aliphatic rings. The highest BCUT2D eigenvalue weighted by Crippen LogP contribution is 2.30. The number of imidazole rings is 1. The lowest BCUT2D eigenvalue weighted by atomic mass is 10.1. The molecule has 3 N–H and O–H groups in total. The van der Waals surface area contributed by atoms with Crippen LogP contribution in [0.15, 0.2) is 72.0 Å². The largest absolute Gasteiger partial charge is 0.447 e. The van der Waals surface area contributed by atoms with Crippen LogP contribution in [0.3, 0.4) is 0 Å². The molecule has 5 rings (SSSR count). The third kappa shape index (κ3) is 5.12. The highest BCUT2D eigenvalue weighted by molar-refractivity contribution is 6.07. The summed E-state index contributed by atoms with van der Waals surface area (Å²) in [5, 5.41) is 2.35. The predicted octanol–water partition coefficient (Wildman–Crippen LogP) is 4.12. The van der Waals surface area contributed by atoms with Gasteiger partial charge in [-0.25, -0.2) is 19.9 Å². The zero-order valence-electron chi connectivity index (χ0n) is 20.2. The Kier molecular flexibility index (Phi) is 6.44. The molecule has 0 fully saturated rings. The summed E-state index contributed by atoms with van der Waals surface area (Å²) in [5.41, 5.74) is 6.19. The summed E-state index contributed by atoms with van der Waals surface area (Å²) in [7, 11) is 0.